The van der Waals surface area contributed by atoms with E-state index < -0.39 is 16.7 Å². The van der Waals surface area contributed by atoms with Crippen LogP contribution >= 0.6 is 0 Å². The van der Waals surface area contributed by atoms with Gasteiger partial charge in [-0.3, -0.25) is 19.7 Å². The van der Waals surface area contributed by atoms with Crippen LogP contribution in [0.1, 0.15) is 21.5 Å². The van der Waals surface area contributed by atoms with E-state index in [9.17, 15) is 19.7 Å². The number of hydrogen-bond donors (Lipinski definition) is 2. The van der Waals surface area contributed by atoms with E-state index in [-0.39, 0.29) is 36.3 Å². The fourth-order valence-corrected chi connectivity index (χ4v) is 3.54. The number of carbonyl (C=O) groups excluding carboxylic acids is 2. The van der Waals surface area contributed by atoms with Crippen molar-refractivity contribution in [2.75, 3.05) is 13.6 Å². The third kappa shape index (κ3) is 5.17. The summed E-state index contributed by atoms with van der Waals surface area (Å²) in [5, 5.41) is 17.9. The normalized spacial score (nSPS) is 13.5. The molecule has 3 aromatic rings. The molecule has 2 heterocycles. The molecular formula is C25H18N4O8. The molecule has 186 valence electrons. The van der Waals surface area contributed by atoms with Crippen LogP contribution in [-0.2, 0) is 4.79 Å². The lowest BCUT2D eigenvalue weighted by molar-refractivity contribution is -0.385. The molecular weight excluding hydrogens is 484 g/mol. The minimum absolute atomic E-state index is 0.0566. The van der Waals surface area contributed by atoms with Crippen LogP contribution in [-0.4, -0.2) is 36.5 Å². The largest absolute Gasteiger partial charge is 0.454 e. The number of benzene rings is 3. The van der Waals surface area contributed by atoms with Crippen LogP contribution in [0.3, 0.4) is 0 Å². The number of nitrogens with zero attached hydrogens (tertiary/aromatic N) is 2. The Morgan fingerprint density at radius 1 is 0.892 bits per heavy atom. The smallest absolute Gasteiger partial charge is 0.287 e. The van der Waals surface area contributed by atoms with Crippen LogP contribution in [0.5, 0.6) is 23.0 Å². The molecule has 0 aromatic heterocycles. The summed E-state index contributed by atoms with van der Waals surface area (Å²) in [6, 6.07) is 16.0. The number of nitrogens with one attached hydrogen (secondary N) is 2. The van der Waals surface area contributed by atoms with E-state index in [2.05, 4.69) is 15.8 Å². The van der Waals surface area contributed by atoms with E-state index in [0.717, 1.165) is 6.21 Å². The fraction of sp³-hybridized carbons (Fsp3) is 0.0800. The first-order valence-electron chi connectivity index (χ1n) is 10.9. The lowest BCUT2D eigenvalue weighted by Gasteiger charge is -2.09. The average Bonchev–Trinajstić information content (AvgIpc) is 3.56. The quantitative estimate of drug-likeness (QED) is 0.217. The minimum Gasteiger partial charge on any atom is -0.454 e. The van der Waals surface area contributed by atoms with Crippen molar-refractivity contribution >= 4 is 29.8 Å². The van der Waals surface area contributed by atoms with Crippen LogP contribution in [0, 0.1) is 10.1 Å². The maximum atomic E-state index is 13.0. The van der Waals surface area contributed by atoms with Gasteiger partial charge in [0, 0.05) is 5.56 Å². The van der Waals surface area contributed by atoms with Gasteiger partial charge in [-0.25, -0.2) is 5.43 Å². The highest BCUT2D eigenvalue weighted by atomic mass is 16.7. The second-order valence-corrected chi connectivity index (χ2v) is 7.71. The van der Waals surface area contributed by atoms with Gasteiger partial charge in [0.2, 0.25) is 13.6 Å². The maximum Gasteiger partial charge on any atom is 0.287 e. The number of amides is 2. The highest BCUT2D eigenvalue weighted by Gasteiger charge is 2.23. The van der Waals surface area contributed by atoms with Crippen LogP contribution in [0.25, 0.3) is 6.08 Å². The summed E-state index contributed by atoms with van der Waals surface area (Å²) in [4.78, 5) is 36.6. The lowest BCUT2D eigenvalue weighted by atomic mass is 10.1. The van der Waals surface area contributed by atoms with Crippen LogP contribution in [0.4, 0.5) is 5.69 Å². The van der Waals surface area contributed by atoms with Gasteiger partial charge in [0.05, 0.1) is 22.8 Å². The fourth-order valence-electron chi connectivity index (χ4n) is 3.54. The van der Waals surface area contributed by atoms with Gasteiger partial charge in [0.25, 0.3) is 17.5 Å². The first-order chi connectivity index (χ1) is 18.0. The summed E-state index contributed by atoms with van der Waals surface area (Å²) >= 11 is 0. The molecule has 2 N–H and O–H groups in total. The minimum atomic E-state index is -0.762. The highest BCUT2D eigenvalue weighted by molar-refractivity contribution is 6.05. The van der Waals surface area contributed by atoms with Crippen molar-refractivity contribution in [1.29, 1.82) is 0 Å². The zero-order chi connectivity index (χ0) is 25.8. The molecule has 0 fully saturated rings. The molecule has 2 amide bonds. The van der Waals surface area contributed by atoms with Crippen LogP contribution in [0.15, 0.2) is 71.5 Å². The molecule has 12 heteroatoms. The summed E-state index contributed by atoms with van der Waals surface area (Å²) in [7, 11) is 0. The van der Waals surface area contributed by atoms with Crippen molar-refractivity contribution in [2.24, 2.45) is 5.10 Å². The Bertz CT molecular complexity index is 1450. The first kappa shape index (κ1) is 23.4. The van der Waals surface area contributed by atoms with Gasteiger partial charge in [-0.2, -0.15) is 5.10 Å². The zero-order valence-electron chi connectivity index (χ0n) is 19.0. The second kappa shape index (κ2) is 10.1. The Morgan fingerprint density at radius 2 is 1.57 bits per heavy atom. The summed E-state index contributed by atoms with van der Waals surface area (Å²) in [6.45, 7) is 0.0280. The molecule has 2 aliphatic rings. The molecule has 2 aliphatic heterocycles. The van der Waals surface area contributed by atoms with E-state index in [4.69, 9.17) is 18.9 Å². The number of hydrogen-bond acceptors (Lipinski definition) is 9. The Hall–Kier alpha value is -5.39. The first-order valence-corrected chi connectivity index (χ1v) is 10.9. The second-order valence-electron chi connectivity index (χ2n) is 7.71. The molecule has 0 unspecified atom stereocenters. The topological polar surface area (TPSA) is 151 Å². The lowest BCUT2D eigenvalue weighted by Crippen LogP contribution is -2.32. The Kier molecular flexibility index (Phi) is 6.36. The number of fused-ring (bicyclic) bond motifs is 2. The molecule has 0 bridgehead atoms. The summed E-state index contributed by atoms with van der Waals surface area (Å²) in [5.41, 5.74) is 2.87. The summed E-state index contributed by atoms with van der Waals surface area (Å²) < 4.78 is 21.1. The average molecular weight is 502 g/mol. The van der Waals surface area contributed by atoms with Gasteiger partial charge >= 0.3 is 0 Å². The number of nitro benzene ring substituents is 1. The third-order valence-corrected chi connectivity index (χ3v) is 5.32. The molecule has 12 nitrogen and oxygen atoms in total. The van der Waals surface area contributed by atoms with Crippen LogP contribution in [0.2, 0.25) is 0 Å². The Morgan fingerprint density at radius 3 is 2.30 bits per heavy atom. The highest BCUT2D eigenvalue weighted by Crippen LogP contribution is 2.37. The van der Waals surface area contributed by atoms with E-state index in [0.29, 0.717) is 28.4 Å². The van der Waals surface area contributed by atoms with E-state index in [1.165, 1.54) is 18.2 Å². The summed E-state index contributed by atoms with van der Waals surface area (Å²) in [6.07, 6.45) is 2.55. The van der Waals surface area contributed by atoms with Gasteiger partial charge in [0.1, 0.15) is 5.70 Å². The van der Waals surface area contributed by atoms with E-state index in [1.807, 2.05) is 0 Å². The Balaban J connectivity index is 1.39. The van der Waals surface area contributed by atoms with Gasteiger partial charge in [-0.1, -0.05) is 24.3 Å². The van der Waals surface area contributed by atoms with E-state index in [1.54, 1.807) is 48.5 Å². The molecule has 37 heavy (non-hydrogen) atoms. The molecule has 0 saturated heterocycles. The Labute approximate surface area is 209 Å². The van der Waals surface area contributed by atoms with Gasteiger partial charge in [0.15, 0.2) is 23.0 Å². The van der Waals surface area contributed by atoms with Crippen molar-refractivity contribution < 1.29 is 33.5 Å². The van der Waals surface area contributed by atoms with Crippen molar-refractivity contribution in [3.05, 3.63) is 93.2 Å². The molecule has 0 spiro atoms. The molecule has 0 saturated carbocycles. The number of carbonyl (C=O) groups is 2. The molecule has 0 radical (unpaired) electrons. The SMILES string of the molecule is O=C(N/N=C\c1cc2c(cc1[N+](=O)[O-])OCO2)/C(=C\c1ccc2c(c1)OCO2)NC(=O)c1ccccc1. The van der Waals surface area contributed by atoms with Crippen molar-refractivity contribution in [3.63, 3.8) is 0 Å². The van der Waals surface area contributed by atoms with Gasteiger partial charge in [-0.15, -0.1) is 0 Å². The number of ether oxygens (including phenoxy) is 4. The molecule has 0 aliphatic carbocycles. The van der Waals surface area contributed by atoms with Crippen molar-refractivity contribution in [1.82, 2.24) is 10.7 Å². The zero-order valence-corrected chi connectivity index (χ0v) is 19.0. The number of rotatable bonds is 7. The summed E-state index contributed by atoms with van der Waals surface area (Å²) in [5.74, 6) is 0.338. The van der Waals surface area contributed by atoms with Gasteiger partial charge in [-0.05, 0) is 42.0 Å². The maximum absolute atomic E-state index is 13.0. The standard InChI is InChI=1S/C25H18N4O8/c30-24(16-4-2-1-3-5-16)27-18(8-15-6-7-20-21(9-15)35-13-34-20)25(31)28-26-12-17-10-22-23(37-14-36-22)11-19(17)29(32)33/h1-12H,13-14H2,(H,27,30)(H,28,31)/b18-8+,26-12-. The van der Waals surface area contributed by atoms with E-state index >= 15 is 0 Å². The molecule has 5 rings (SSSR count). The third-order valence-electron chi connectivity index (χ3n) is 5.32. The van der Waals surface area contributed by atoms with Gasteiger partial charge < -0.3 is 24.3 Å². The number of nitro groups is 1. The number of hydrazone groups is 1. The molecule has 0 atom stereocenters. The van der Waals surface area contributed by atoms with Crippen molar-refractivity contribution in [2.45, 2.75) is 0 Å². The predicted molar refractivity (Wildman–Crippen MR) is 129 cm³/mol. The molecule has 3 aromatic carbocycles. The monoisotopic (exact) mass is 502 g/mol. The van der Waals surface area contributed by atoms with Crippen molar-refractivity contribution in [3.8, 4) is 23.0 Å². The predicted octanol–water partition coefficient (Wildman–Crippen LogP) is 2.97. The van der Waals surface area contributed by atoms with Crippen LogP contribution < -0.4 is 29.7 Å².